The van der Waals surface area contributed by atoms with Gasteiger partial charge in [0.05, 0.1) is 0 Å². The number of benzene rings is 3. The van der Waals surface area contributed by atoms with E-state index in [1.54, 1.807) is 25.1 Å². The summed E-state index contributed by atoms with van der Waals surface area (Å²) in [6.07, 6.45) is 1.84. The number of rotatable bonds is 10. The summed E-state index contributed by atoms with van der Waals surface area (Å²) in [7, 11) is 0. The van der Waals surface area contributed by atoms with E-state index in [2.05, 4.69) is 12.2 Å². The highest BCUT2D eigenvalue weighted by atomic mass is 35.5. The average molecular weight is 487 g/mol. The molecule has 5 nitrogen and oxygen atoms in total. The van der Waals surface area contributed by atoms with Crippen molar-refractivity contribution in [2.24, 2.45) is 0 Å². The molecule has 0 unspecified atom stereocenters. The standard InChI is InChI=1S/C26H28Cl2N2O3/c1-3-4-14-29-26(32)18(2)30(16-20-12-13-21(27)15-23(20)28)25(31)17-33-24-11-7-9-19-8-5-6-10-22(19)24/h5-13,15,18H,3-4,14,16-17H2,1-2H3,(H,29,32)/t18-/m0/s1. The Morgan fingerprint density at radius 2 is 1.82 bits per heavy atom. The summed E-state index contributed by atoms with van der Waals surface area (Å²) in [4.78, 5) is 27.5. The predicted octanol–water partition coefficient (Wildman–Crippen LogP) is 5.86. The van der Waals surface area contributed by atoms with E-state index < -0.39 is 6.04 Å². The van der Waals surface area contributed by atoms with Gasteiger partial charge in [-0.25, -0.2) is 0 Å². The number of nitrogens with zero attached hydrogens (tertiary/aromatic N) is 1. The number of ether oxygens (including phenoxy) is 1. The third kappa shape index (κ3) is 6.62. The molecule has 3 aromatic carbocycles. The second-order valence-corrected chi connectivity index (χ2v) is 8.69. The average Bonchev–Trinajstić information content (AvgIpc) is 2.81. The van der Waals surface area contributed by atoms with Crippen molar-refractivity contribution in [1.29, 1.82) is 0 Å². The van der Waals surface area contributed by atoms with Crippen molar-refractivity contribution in [2.75, 3.05) is 13.2 Å². The van der Waals surface area contributed by atoms with E-state index in [9.17, 15) is 9.59 Å². The van der Waals surface area contributed by atoms with Crippen LogP contribution in [-0.4, -0.2) is 35.9 Å². The van der Waals surface area contributed by atoms with Crippen LogP contribution in [0.1, 0.15) is 32.3 Å². The van der Waals surface area contributed by atoms with E-state index in [4.69, 9.17) is 27.9 Å². The molecular formula is C26H28Cl2N2O3. The minimum Gasteiger partial charge on any atom is -0.483 e. The van der Waals surface area contributed by atoms with Crippen LogP contribution in [-0.2, 0) is 16.1 Å². The number of hydrogen-bond acceptors (Lipinski definition) is 3. The Kier molecular flexibility index (Phi) is 8.98. The molecular weight excluding hydrogens is 459 g/mol. The van der Waals surface area contributed by atoms with E-state index in [1.165, 1.54) is 4.90 Å². The number of amides is 2. The van der Waals surface area contributed by atoms with Crippen LogP contribution in [0, 0.1) is 0 Å². The fraction of sp³-hybridized carbons (Fsp3) is 0.308. The van der Waals surface area contributed by atoms with Crippen molar-refractivity contribution in [1.82, 2.24) is 10.2 Å². The van der Waals surface area contributed by atoms with E-state index in [0.29, 0.717) is 27.9 Å². The van der Waals surface area contributed by atoms with Gasteiger partial charge in [-0.2, -0.15) is 0 Å². The molecule has 1 atom stereocenters. The fourth-order valence-corrected chi connectivity index (χ4v) is 3.96. The number of fused-ring (bicyclic) bond motifs is 1. The van der Waals surface area contributed by atoms with Gasteiger partial charge in [0, 0.05) is 28.5 Å². The molecule has 0 fully saturated rings. The molecule has 1 N–H and O–H groups in total. The molecule has 7 heteroatoms. The zero-order valence-corrected chi connectivity index (χ0v) is 20.3. The predicted molar refractivity (Wildman–Crippen MR) is 134 cm³/mol. The molecule has 0 radical (unpaired) electrons. The van der Waals surface area contributed by atoms with Crippen LogP contribution in [0.3, 0.4) is 0 Å². The lowest BCUT2D eigenvalue weighted by Crippen LogP contribution is -2.49. The van der Waals surface area contributed by atoms with Gasteiger partial charge in [-0.3, -0.25) is 9.59 Å². The highest BCUT2D eigenvalue weighted by Crippen LogP contribution is 2.26. The lowest BCUT2D eigenvalue weighted by molar-refractivity contribution is -0.142. The zero-order valence-electron chi connectivity index (χ0n) is 18.8. The molecule has 33 heavy (non-hydrogen) atoms. The van der Waals surface area contributed by atoms with Gasteiger partial charge in [0.2, 0.25) is 5.91 Å². The zero-order chi connectivity index (χ0) is 23.8. The topological polar surface area (TPSA) is 58.6 Å². The third-order valence-electron chi connectivity index (χ3n) is 5.45. The largest absolute Gasteiger partial charge is 0.483 e. The molecule has 0 aliphatic rings. The Bertz CT molecular complexity index is 1110. The van der Waals surface area contributed by atoms with Gasteiger partial charge in [-0.15, -0.1) is 0 Å². The maximum absolute atomic E-state index is 13.3. The molecule has 0 heterocycles. The summed E-state index contributed by atoms with van der Waals surface area (Å²) >= 11 is 12.4. The number of carbonyl (C=O) groups excluding carboxylic acids is 2. The normalized spacial score (nSPS) is 11.8. The van der Waals surface area contributed by atoms with Crippen molar-refractivity contribution in [3.05, 3.63) is 76.3 Å². The second kappa shape index (κ2) is 11.9. The molecule has 0 saturated heterocycles. The summed E-state index contributed by atoms with van der Waals surface area (Å²) in [5.41, 5.74) is 0.702. The summed E-state index contributed by atoms with van der Waals surface area (Å²) in [6, 6.07) is 17.9. The Labute approximate surface area is 204 Å². The number of unbranched alkanes of at least 4 members (excludes halogenated alkanes) is 1. The lowest BCUT2D eigenvalue weighted by Gasteiger charge is -2.29. The van der Waals surface area contributed by atoms with Gasteiger partial charge in [0.25, 0.3) is 5.91 Å². The number of nitrogens with one attached hydrogen (secondary N) is 1. The summed E-state index contributed by atoms with van der Waals surface area (Å²) in [5.74, 6) is 0.0881. The van der Waals surface area contributed by atoms with Gasteiger partial charge in [0.15, 0.2) is 6.61 Å². The molecule has 0 bridgehead atoms. The summed E-state index contributed by atoms with van der Waals surface area (Å²) < 4.78 is 5.90. The number of carbonyl (C=O) groups is 2. The van der Waals surface area contributed by atoms with Crippen LogP contribution < -0.4 is 10.1 Å². The van der Waals surface area contributed by atoms with E-state index in [0.717, 1.165) is 23.6 Å². The molecule has 3 rings (SSSR count). The van der Waals surface area contributed by atoms with Gasteiger partial charge < -0.3 is 15.0 Å². The molecule has 0 aliphatic heterocycles. The first-order valence-electron chi connectivity index (χ1n) is 11.0. The van der Waals surface area contributed by atoms with Crippen LogP contribution >= 0.6 is 23.2 Å². The SMILES string of the molecule is CCCCNC(=O)[C@H](C)N(Cc1ccc(Cl)cc1Cl)C(=O)COc1cccc2ccccc12. The first kappa shape index (κ1) is 24.9. The smallest absolute Gasteiger partial charge is 0.261 e. The maximum Gasteiger partial charge on any atom is 0.261 e. The summed E-state index contributed by atoms with van der Waals surface area (Å²) in [6.45, 7) is 4.29. The van der Waals surface area contributed by atoms with Gasteiger partial charge in [-0.1, -0.05) is 79.0 Å². The fourth-order valence-electron chi connectivity index (χ4n) is 3.50. The van der Waals surface area contributed by atoms with Crippen LogP contribution in [0.25, 0.3) is 10.8 Å². The Hall–Kier alpha value is -2.76. The first-order valence-corrected chi connectivity index (χ1v) is 11.8. The van der Waals surface area contributed by atoms with Gasteiger partial charge in [0.1, 0.15) is 11.8 Å². The Balaban J connectivity index is 1.79. The van der Waals surface area contributed by atoms with Gasteiger partial charge in [-0.05, 0) is 42.5 Å². The number of halogens is 2. The second-order valence-electron chi connectivity index (χ2n) is 7.84. The molecule has 0 saturated carbocycles. The van der Waals surface area contributed by atoms with Crippen molar-refractivity contribution in [2.45, 2.75) is 39.3 Å². The molecule has 3 aromatic rings. The quantitative estimate of drug-likeness (QED) is 0.365. The van der Waals surface area contributed by atoms with Crippen LogP contribution in [0.2, 0.25) is 10.0 Å². The third-order valence-corrected chi connectivity index (χ3v) is 6.04. The van der Waals surface area contributed by atoms with Crippen molar-refractivity contribution in [3.8, 4) is 5.75 Å². The first-order chi connectivity index (χ1) is 15.9. The van der Waals surface area contributed by atoms with E-state index in [-0.39, 0.29) is 25.0 Å². The molecule has 0 aromatic heterocycles. The molecule has 174 valence electrons. The van der Waals surface area contributed by atoms with E-state index >= 15 is 0 Å². The number of hydrogen-bond donors (Lipinski definition) is 1. The Morgan fingerprint density at radius 1 is 1.06 bits per heavy atom. The minimum atomic E-state index is -0.697. The van der Waals surface area contributed by atoms with Crippen molar-refractivity contribution in [3.63, 3.8) is 0 Å². The molecule has 2 amide bonds. The highest BCUT2D eigenvalue weighted by molar-refractivity contribution is 6.35. The minimum absolute atomic E-state index is 0.163. The molecule has 0 aliphatic carbocycles. The lowest BCUT2D eigenvalue weighted by atomic mass is 10.1. The van der Waals surface area contributed by atoms with Crippen LogP contribution in [0.5, 0.6) is 5.75 Å². The van der Waals surface area contributed by atoms with Gasteiger partial charge >= 0.3 is 0 Å². The Morgan fingerprint density at radius 3 is 2.58 bits per heavy atom. The van der Waals surface area contributed by atoms with Crippen LogP contribution in [0.4, 0.5) is 0 Å². The van der Waals surface area contributed by atoms with Crippen molar-refractivity contribution >= 4 is 45.8 Å². The summed E-state index contributed by atoms with van der Waals surface area (Å²) in [5, 5.41) is 5.79. The van der Waals surface area contributed by atoms with E-state index in [1.807, 2.05) is 42.5 Å². The van der Waals surface area contributed by atoms with Crippen molar-refractivity contribution < 1.29 is 14.3 Å². The monoisotopic (exact) mass is 486 g/mol. The highest BCUT2D eigenvalue weighted by Gasteiger charge is 2.27. The molecule has 0 spiro atoms. The van der Waals surface area contributed by atoms with Crippen LogP contribution in [0.15, 0.2) is 60.7 Å². The maximum atomic E-state index is 13.3.